The molecule has 0 radical (unpaired) electrons. The Balaban J connectivity index is 0.00000338. The predicted octanol–water partition coefficient (Wildman–Crippen LogP) is -9.87. The zero-order valence-corrected chi connectivity index (χ0v) is 38.7. The Labute approximate surface area is 385 Å². The van der Waals surface area contributed by atoms with Gasteiger partial charge in [0, 0.05) is 22.5 Å². The van der Waals surface area contributed by atoms with Crippen LogP contribution < -0.4 is 129 Å². The van der Waals surface area contributed by atoms with E-state index < -0.39 is 71.9 Å². The largest absolute Gasteiger partial charge is 1.00 e. The van der Waals surface area contributed by atoms with Crippen molar-refractivity contribution in [3.63, 3.8) is 0 Å². The van der Waals surface area contributed by atoms with Crippen LogP contribution in [0.3, 0.4) is 0 Å². The summed E-state index contributed by atoms with van der Waals surface area (Å²) in [6.45, 7) is 0. The normalized spacial score (nSPS) is 11.6. The van der Waals surface area contributed by atoms with Crippen LogP contribution in [0.5, 0.6) is 0 Å². The number of rotatable bonds is 8. The molecule has 0 heterocycles. The van der Waals surface area contributed by atoms with E-state index in [0.717, 1.165) is 36.4 Å². The summed E-state index contributed by atoms with van der Waals surface area (Å²) in [6, 6.07) is 14.6. The van der Waals surface area contributed by atoms with Crippen molar-refractivity contribution in [2.24, 2.45) is 0 Å². The Morgan fingerprint density at radius 3 is 1.10 bits per heavy atom. The van der Waals surface area contributed by atoms with Crippen LogP contribution in [0, 0.1) is 0 Å². The molecule has 0 spiro atoms. The number of carbonyl (C=O) groups is 2. The van der Waals surface area contributed by atoms with Gasteiger partial charge in [-0.3, -0.25) is 9.59 Å². The summed E-state index contributed by atoms with van der Waals surface area (Å²) < 4.78 is 140. The molecule has 24 heteroatoms. The fraction of sp³-hybridized carbons (Fsp3) is 0. The number of anilines is 2. The van der Waals surface area contributed by atoms with Gasteiger partial charge in [-0.2, -0.15) is 0 Å². The van der Waals surface area contributed by atoms with E-state index in [9.17, 15) is 61.5 Å². The maximum atomic E-state index is 13.0. The monoisotopic (exact) mass is 824 g/mol. The first-order valence-electron chi connectivity index (χ1n) is 12.8. The fourth-order valence-corrected chi connectivity index (χ4v) is 7.35. The second-order valence-electron chi connectivity index (χ2n) is 10.0. The van der Waals surface area contributed by atoms with E-state index in [4.69, 9.17) is 0 Å². The van der Waals surface area contributed by atoms with Crippen LogP contribution in [0.25, 0.3) is 21.5 Å². The van der Waals surface area contributed by atoms with Crippen LogP contribution in [-0.2, 0) is 40.5 Å². The molecule has 5 rings (SSSR count). The maximum absolute atomic E-state index is 13.0. The Morgan fingerprint density at radius 2 is 0.788 bits per heavy atom. The van der Waals surface area contributed by atoms with Gasteiger partial charge in [-0.25, -0.2) is 33.7 Å². The molecule has 0 aliphatic heterocycles. The SMILES string of the molecule is O=C(Nc1ccc2c(S(=O)(=O)[O-])cc(S(=O)(=O)[O-])cc2c1)c1cccc(C(=O)Nc2ccc3c(S(=O)(=O)[O-])cc(S(=O)(=O)[O-])cc3c2)c1.[Na+].[Na+].[Na+].[Na+]. The van der Waals surface area contributed by atoms with Crippen molar-refractivity contribution >= 4 is 85.2 Å². The summed E-state index contributed by atoms with van der Waals surface area (Å²) in [7, 11) is -20.8. The van der Waals surface area contributed by atoms with Crippen molar-refractivity contribution in [1.29, 1.82) is 0 Å². The van der Waals surface area contributed by atoms with Crippen LogP contribution in [0.1, 0.15) is 20.7 Å². The van der Waals surface area contributed by atoms with Gasteiger partial charge < -0.3 is 28.8 Å². The minimum Gasteiger partial charge on any atom is -0.744 e. The first kappa shape index (κ1) is 49.2. The molecule has 0 bridgehead atoms. The summed E-state index contributed by atoms with van der Waals surface area (Å²) in [5.74, 6) is -1.59. The van der Waals surface area contributed by atoms with Gasteiger partial charge in [0.25, 0.3) is 11.8 Å². The average Bonchev–Trinajstić information content (AvgIpc) is 2.97. The van der Waals surface area contributed by atoms with Crippen molar-refractivity contribution < 1.29 is 180 Å². The molecule has 0 aliphatic carbocycles. The molecule has 0 saturated carbocycles. The quantitative estimate of drug-likeness (QED) is 0.109. The summed E-state index contributed by atoms with van der Waals surface area (Å²) in [5.41, 5.74) is -0.162. The number of hydrogen-bond acceptors (Lipinski definition) is 14. The molecule has 0 fully saturated rings. The van der Waals surface area contributed by atoms with Crippen molar-refractivity contribution in [3.05, 3.63) is 96.1 Å². The van der Waals surface area contributed by atoms with E-state index >= 15 is 0 Å². The molecule has 0 unspecified atom stereocenters. The third-order valence-corrected chi connectivity index (χ3v) is 10.2. The van der Waals surface area contributed by atoms with Gasteiger partial charge in [-0.15, -0.1) is 0 Å². The minimum absolute atomic E-state index is 0. The van der Waals surface area contributed by atoms with Crippen LogP contribution in [0.2, 0.25) is 0 Å². The molecule has 52 heavy (non-hydrogen) atoms. The first-order chi connectivity index (χ1) is 22.1. The number of fused-ring (bicyclic) bond motifs is 2. The van der Waals surface area contributed by atoms with Crippen LogP contribution in [0.15, 0.2) is 105 Å². The second kappa shape index (κ2) is 18.4. The van der Waals surface area contributed by atoms with Crippen LogP contribution >= 0.6 is 0 Å². The third-order valence-electron chi connectivity index (χ3n) is 6.79. The second-order valence-corrected chi connectivity index (χ2v) is 15.5. The third kappa shape index (κ3) is 11.6. The molecule has 2 amide bonds. The van der Waals surface area contributed by atoms with Crippen molar-refractivity contribution in [2.45, 2.75) is 19.6 Å². The van der Waals surface area contributed by atoms with Gasteiger partial charge in [0.1, 0.15) is 40.5 Å². The molecule has 16 nitrogen and oxygen atoms in total. The maximum Gasteiger partial charge on any atom is 1.00 e. The van der Waals surface area contributed by atoms with E-state index in [1.807, 2.05) is 0 Å². The molecule has 0 atom stereocenters. The standard InChI is InChI=1S/C28H20N2O14S4.4Na/c31-27(29-19-4-6-23-17(9-19)11-21(45(33,34)35)13-25(23)47(39,40)41)15-2-1-3-16(8-15)28(32)30-20-5-7-24-18(10-20)12-22(46(36,37)38)14-26(24)48(42,43)44;;;;/h1-14H,(H,29,31)(H,30,32)(H,33,34,35)(H,36,37,38)(H,39,40,41)(H,42,43,44);;;;/q;4*+1/p-4. The first-order valence-corrected chi connectivity index (χ1v) is 18.5. The average molecular weight is 825 g/mol. The number of amides is 2. The molecular weight excluding hydrogens is 809 g/mol. The van der Waals surface area contributed by atoms with Gasteiger partial charge in [0.05, 0.1) is 19.6 Å². The van der Waals surface area contributed by atoms with Gasteiger partial charge in [-0.1, -0.05) is 18.2 Å². The van der Waals surface area contributed by atoms with E-state index in [0.29, 0.717) is 12.1 Å². The molecule has 0 aromatic heterocycles. The Morgan fingerprint density at radius 1 is 0.442 bits per heavy atom. The summed E-state index contributed by atoms with van der Waals surface area (Å²) in [6.07, 6.45) is 0. The molecule has 5 aromatic rings. The Hall–Kier alpha value is -0.800. The molecule has 2 N–H and O–H groups in total. The summed E-state index contributed by atoms with van der Waals surface area (Å²) in [5, 5.41) is 4.18. The fourth-order valence-electron chi connectivity index (χ4n) is 4.68. The zero-order chi connectivity index (χ0) is 35.4. The van der Waals surface area contributed by atoms with Gasteiger partial charge in [0.15, 0.2) is 0 Å². The van der Waals surface area contributed by atoms with Crippen molar-refractivity contribution in [3.8, 4) is 0 Å². The van der Waals surface area contributed by atoms with Crippen molar-refractivity contribution in [1.82, 2.24) is 0 Å². The van der Waals surface area contributed by atoms with Crippen LogP contribution in [-0.4, -0.2) is 63.7 Å². The van der Waals surface area contributed by atoms with E-state index in [-0.39, 0.29) is 162 Å². The minimum atomic E-state index is -5.21. The summed E-state index contributed by atoms with van der Waals surface area (Å²) in [4.78, 5) is 22.2. The number of nitrogens with one attached hydrogen (secondary N) is 2. The van der Waals surface area contributed by atoms with E-state index in [1.54, 1.807) is 0 Å². The number of carbonyl (C=O) groups excluding carboxylic acids is 2. The van der Waals surface area contributed by atoms with Crippen LogP contribution in [0.4, 0.5) is 11.4 Å². The van der Waals surface area contributed by atoms with Gasteiger partial charge >= 0.3 is 118 Å². The predicted molar refractivity (Wildman–Crippen MR) is 162 cm³/mol. The van der Waals surface area contributed by atoms with Crippen molar-refractivity contribution in [2.75, 3.05) is 10.6 Å². The number of hydrogen-bond donors (Lipinski definition) is 2. The Kier molecular flexibility index (Phi) is 17.4. The zero-order valence-electron chi connectivity index (χ0n) is 27.4. The smallest absolute Gasteiger partial charge is 0.744 e. The number of benzene rings is 5. The molecule has 250 valence electrons. The summed E-state index contributed by atoms with van der Waals surface area (Å²) >= 11 is 0. The topological polar surface area (TPSA) is 287 Å². The molecule has 5 aromatic carbocycles. The van der Waals surface area contributed by atoms with Gasteiger partial charge in [-0.05, 0) is 88.3 Å². The van der Waals surface area contributed by atoms with Gasteiger partial charge in [0.2, 0.25) is 0 Å². The molecular formula is C28H16N2Na4O14S4. The molecule has 0 saturated heterocycles. The Bertz CT molecular complexity index is 2500. The van der Waals surface area contributed by atoms with E-state index in [1.165, 1.54) is 36.4 Å². The molecule has 0 aliphatic rings. The van der Waals surface area contributed by atoms with E-state index in [2.05, 4.69) is 10.6 Å².